The average molecular weight is 324 g/mol. The fourth-order valence-electron chi connectivity index (χ4n) is 3.20. The molecule has 0 saturated carbocycles. The molecule has 0 spiro atoms. The Morgan fingerprint density at radius 2 is 1.44 bits per heavy atom. The van der Waals surface area contributed by atoms with Gasteiger partial charge < -0.3 is 4.74 Å². The predicted molar refractivity (Wildman–Crippen MR) is 101 cm³/mol. The SMILES string of the molecule is C=CC(=O)Oc1cc2cccccc-2c1-c1ccc2cccccc1-2. The molecule has 0 fully saturated rings. The van der Waals surface area contributed by atoms with Gasteiger partial charge in [0.05, 0.1) is 0 Å². The lowest BCUT2D eigenvalue weighted by molar-refractivity contribution is -0.128. The molecule has 0 amide bonds. The standard InChI is InChI=1S/C23H16O2/c1-2-22(24)25-21-15-17-10-6-4-8-12-19(17)23(21)20-14-13-16-9-5-3-7-11-18(16)20/h2-15H,1H2. The fraction of sp³-hybridized carbons (Fsp3) is 0. The lowest BCUT2D eigenvalue weighted by atomic mass is 10.00. The number of rotatable bonds is 3. The molecular formula is C23H16O2. The molecule has 0 aliphatic heterocycles. The molecule has 0 radical (unpaired) electrons. The number of carbonyl (C=O) groups excluding carboxylic acids is 1. The minimum absolute atomic E-state index is 0.456. The normalized spacial score (nSPS) is 10.7. The van der Waals surface area contributed by atoms with E-state index >= 15 is 0 Å². The lowest BCUT2D eigenvalue weighted by Gasteiger charge is -2.07. The van der Waals surface area contributed by atoms with Crippen molar-refractivity contribution in [2.75, 3.05) is 0 Å². The third-order valence-corrected chi connectivity index (χ3v) is 4.31. The van der Waals surface area contributed by atoms with Crippen LogP contribution < -0.4 is 4.74 Å². The van der Waals surface area contributed by atoms with Crippen LogP contribution >= 0.6 is 0 Å². The summed E-state index contributed by atoms with van der Waals surface area (Å²) >= 11 is 0. The molecule has 0 bridgehead atoms. The van der Waals surface area contributed by atoms with E-state index in [4.69, 9.17) is 4.74 Å². The van der Waals surface area contributed by atoms with E-state index in [1.807, 2.05) is 48.5 Å². The molecule has 0 aromatic heterocycles. The molecule has 120 valence electrons. The highest BCUT2D eigenvalue weighted by atomic mass is 16.5. The van der Waals surface area contributed by atoms with Gasteiger partial charge in [-0.25, -0.2) is 4.79 Å². The van der Waals surface area contributed by atoms with Crippen LogP contribution in [-0.2, 0) is 4.79 Å². The Morgan fingerprint density at radius 1 is 0.760 bits per heavy atom. The first-order valence-corrected chi connectivity index (χ1v) is 8.12. The van der Waals surface area contributed by atoms with Gasteiger partial charge in [-0.1, -0.05) is 79.4 Å². The predicted octanol–water partition coefficient (Wildman–Crippen LogP) is 5.65. The summed E-state index contributed by atoms with van der Waals surface area (Å²) < 4.78 is 5.55. The Balaban J connectivity index is 1.99. The Morgan fingerprint density at radius 3 is 2.20 bits per heavy atom. The van der Waals surface area contributed by atoms with Crippen LogP contribution in [0.2, 0.25) is 0 Å². The summed E-state index contributed by atoms with van der Waals surface area (Å²) in [5, 5.41) is 0. The number of carbonyl (C=O) groups is 1. The van der Waals surface area contributed by atoms with E-state index < -0.39 is 5.97 Å². The van der Waals surface area contributed by atoms with Crippen LogP contribution in [0, 0.1) is 0 Å². The van der Waals surface area contributed by atoms with Crippen molar-refractivity contribution in [1.82, 2.24) is 0 Å². The molecule has 0 unspecified atom stereocenters. The van der Waals surface area contributed by atoms with E-state index in [-0.39, 0.29) is 0 Å². The van der Waals surface area contributed by atoms with E-state index in [2.05, 4.69) is 36.9 Å². The Hall–Kier alpha value is -3.39. The molecule has 2 heteroatoms. The second kappa shape index (κ2) is 6.25. The van der Waals surface area contributed by atoms with E-state index in [0.29, 0.717) is 5.75 Å². The Labute approximate surface area is 146 Å². The van der Waals surface area contributed by atoms with Crippen molar-refractivity contribution in [2.24, 2.45) is 0 Å². The van der Waals surface area contributed by atoms with Crippen molar-refractivity contribution >= 4 is 5.97 Å². The summed E-state index contributed by atoms with van der Waals surface area (Å²) in [6, 6.07) is 26.3. The second-order valence-corrected chi connectivity index (χ2v) is 5.82. The summed E-state index contributed by atoms with van der Waals surface area (Å²) in [5.41, 5.74) is 6.34. The summed E-state index contributed by atoms with van der Waals surface area (Å²) in [6.45, 7) is 3.50. The van der Waals surface area contributed by atoms with Gasteiger partial charge in [-0.2, -0.15) is 0 Å². The summed E-state index contributed by atoms with van der Waals surface area (Å²) in [6.07, 6.45) is 1.19. The van der Waals surface area contributed by atoms with Gasteiger partial charge >= 0.3 is 5.97 Å². The van der Waals surface area contributed by atoms with Gasteiger partial charge in [-0.15, -0.1) is 0 Å². The quantitative estimate of drug-likeness (QED) is 0.359. The average Bonchev–Trinajstić information content (AvgIpc) is 2.95. The van der Waals surface area contributed by atoms with Crippen LogP contribution in [0.4, 0.5) is 0 Å². The van der Waals surface area contributed by atoms with Gasteiger partial charge in [0.25, 0.3) is 0 Å². The molecule has 2 nitrogen and oxygen atoms in total. The summed E-state index contributed by atoms with van der Waals surface area (Å²) in [7, 11) is 0. The first-order valence-electron chi connectivity index (χ1n) is 8.12. The maximum absolute atomic E-state index is 11.8. The van der Waals surface area contributed by atoms with Crippen molar-refractivity contribution in [3.05, 3.63) is 91.5 Å². The van der Waals surface area contributed by atoms with Crippen LogP contribution in [0.1, 0.15) is 0 Å². The molecular weight excluding hydrogens is 308 g/mol. The topological polar surface area (TPSA) is 26.3 Å². The highest BCUT2D eigenvalue weighted by Crippen LogP contribution is 2.47. The Kier molecular flexibility index (Phi) is 3.79. The zero-order valence-corrected chi connectivity index (χ0v) is 13.6. The van der Waals surface area contributed by atoms with Gasteiger partial charge in [0.2, 0.25) is 0 Å². The molecule has 4 aliphatic carbocycles. The first kappa shape index (κ1) is 15.2. The van der Waals surface area contributed by atoms with Crippen molar-refractivity contribution in [3.63, 3.8) is 0 Å². The monoisotopic (exact) mass is 324 g/mol. The molecule has 0 atom stereocenters. The van der Waals surface area contributed by atoms with E-state index in [0.717, 1.165) is 33.4 Å². The molecule has 4 aliphatic rings. The van der Waals surface area contributed by atoms with Gasteiger partial charge in [0.15, 0.2) is 0 Å². The lowest BCUT2D eigenvalue weighted by Crippen LogP contribution is -2.02. The maximum Gasteiger partial charge on any atom is 0.335 e. The number of esters is 1. The molecule has 25 heavy (non-hydrogen) atoms. The van der Waals surface area contributed by atoms with Gasteiger partial charge in [-0.3, -0.25) is 0 Å². The smallest absolute Gasteiger partial charge is 0.335 e. The van der Waals surface area contributed by atoms with Crippen LogP contribution in [0.25, 0.3) is 33.4 Å². The molecule has 4 rings (SSSR count). The van der Waals surface area contributed by atoms with E-state index in [1.54, 1.807) is 0 Å². The van der Waals surface area contributed by atoms with Crippen molar-refractivity contribution in [2.45, 2.75) is 0 Å². The van der Waals surface area contributed by atoms with Crippen LogP contribution in [0.5, 0.6) is 5.75 Å². The minimum atomic E-state index is -0.456. The zero-order chi connectivity index (χ0) is 17.2. The van der Waals surface area contributed by atoms with Crippen molar-refractivity contribution in [3.8, 4) is 39.1 Å². The number of fused-ring (bicyclic) bond motifs is 2. The first-order chi connectivity index (χ1) is 12.3. The second-order valence-electron chi connectivity index (χ2n) is 5.82. The molecule has 0 aromatic rings. The largest absolute Gasteiger partial charge is 0.423 e. The van der Waals surface area contributed by atoms with Crippen LogP contribution in [-0.4, -0.2) is 5.97 Å². The maximum atomic E-state index is 11.8. The molecule has 0 aromatic carbocycles. The molecule has 0 N–H and O–H groups in total. The van der Waals surface area contributed by atoms with E-state index in [1.165, 1.54) is 6.08 Å². The van der Waals surface area contributed by atoms with Crippen molar-refractivity contribution in [1.29, 1.82) is 0 Å². The van der Waals surface area contributed by atoms with Gasteiger partial charge in [0.1, 0.15) is 5.75 Å². The van der Waals surface area contributed by atoms with E-state index in [9.17, 15) is 4.79 Å². The van der Waals surface area contributed by atoms with Crippen molar-refractivity contribution < 1.29 is 9.53 Å². The summed E-state index contributed by atoms with van der Waals surface area (Å²) in [4.78, 5) is 11.8. The highest BCUT2D eigenvalue weighted by Gasteiger charge is 2.22. The Bertz CT molecular complexity index is 1020. The fourth-order valence-corrected chi connectivity index (χ4v) is 3.20. The number of hydrogen-bond donors (Lipinski definition) is 0. The number of ether oxygens (including phenoxy) is 1. The van der Waals surface area contributed by atoms with Crippen LogP contribution in [0.3, 0.4) is 0 Å². The zero-order valence-electron chi connectivity index (χ0n) is 13.6. The number of hydrogen-bond acceptors (Lipinski definition) is 2. The highest BCUT2D eigenvalue weighted by molar-refractivity contribution is 6.00. The molecule has 0 heterocycles. The van der Waals surface area contributed by atoms with Gasteiger partial charge in [0, 0.05) is 11.6 Å². The molecule has 0 saturated heterocycles. The van der Waals surface area contributed by atoms with Gasteiger partial charge in [-0.05, 0) is 33.9 Å². The minimum Gasteiger partial charge on any atom is -0.423 e. The summed E-state index contributed by atoms with van der Waals surface area (Å²) in [5.74, 6) is 0.104. The van der Waals surface area contributed by atoms with Crippen LogP contribution in [0.15, 0.2) is 91.5 Å². The third kappa shape index (κ3) is 2.68. The third-order valence-electron chi connectivity index (χ3n) is 4.31.